The van der Waals surface area contributed by atoms with E-state index in [-0.39, 0.29) is 0 Å². The highest BCUT2D eigenvalue weighted by Gasteiger charge is 2.14. The SMILES string of the molecule is CC(C)NC(C)c1cccc(CN2CCN(C)CC2)c1. The lowest BCUT2D eigenvalue weighted by molar-refractivity contribution is 0.148. The molecule has 1 aromatic rings. The third kappa shape index (κ3) is 4.58. The Morgan fingerprint density at radius 2 is 1.80 bits per heavy atom. The molecule has 1 aliphatic rings. The highest BCUT2D eigenvalue weighted by molar-refractivity contribution is 5.26. The number of nitrogens with one attached hydrogen (secondary N) is 1. The summed E-state index contributed by atoms with van der Waals surface area (Å²) in [6.07, 6.45) is 0. The van der Waals surface area contributed by atoms with E-state index < -0.39 is 0 Å². The van der Waals surface area contributed by atoms with Gasteiger partial charge in [-0.15, -0.1) is 0 Å². The van der Waals surface area contributed by atoms with Gasteiger partial charge in [0.25, 0.3) is 0 Å². The minimum absolute atomic E-state index is 0.419. The molecule has 20 heavy (non-hydrogen) atoms. The van der Waals surface area contributed by atoms with Gasteiger partial charge in [-0.2, -0.15) is 0 Å². The fourth-order valence-corrected chi connectivity index (χ4v) is 2.82. The van der Waals surface area contributed by atoms with Crippen molar-refractivity contribution >= 4 is 0 Å². The average Bonchev–Trinajstić information content (AvgIpc) is 2.41. The minimum atomic E-state index is 0.419. The summed E-state index contributed by atoms with van der Waals surface area (Å²) in [4.78, 5) is 4.96. The van der Waals surface area contributed by atoms with Crippen LogP contribution in [0.2, 0.25) is 0 Å². The standard InChI is InChI=1S/C17H29N3/c1-14(2)18-15(3)17-7-5-6-16(12-17)13-20-10-8-19(4)9-11-20/h5-7,12,14-15,18H,8-11,13H2,1-4H3. The van der Waals surface area contributed by atoms with Crippen LogP contribution in [0.5, 0.6) is 0 Å². The first-order chi connectivity index (χ1) is 9.54. The summed E-state index contributed by atoms with van der Waals surface area (Å²) >= 11 is 0. The van der Waals surface area contributed by atoms with E-state index in [2.05, 4.69) is 67.2 Å². The second-order valence-corrected chi connectivity index (χ2v) is 6.37. The highest BCUT2D eigenvalue weighted by atomic mass is 15.2. The molecule has 0 amide bonds. The Bertz CT molecular complexity index is 408. The van der Waals surface area contributed by atoms with Gasteiger partial charge in [-0.1, -0.05) is 38.1 Å². The van der Waals surface area contributed by atoms with Gasteiger partial charge in [0.15, 0.2) is 0 Å². The van der Waals surface area contributed by atoms with Crippen LogP contribution in [0.1, 0.15) is 37.9 Å². The van der Waals surface area contributed by atoms with Gasteiger partial charge in [0.1, 0.15) is 0 Å². The van der Waals surface area contributed by atoms with Crippen LogP contribution in [0.4, 0.5) is 0 Å². The van der Waals surface area contributed by atoms with Gasteiger partial charge >= 0.3 is 0 Å². The molecule has 0 spiro atoms. The summed E-state index contributed by atoms with van der Waals surface area (Å²) < 4.78 is 0. The molecule has 1 saturated heterocycles. The van der Waals surface area contributed by atoms with E-state index in [9.17, 15) is 0 Å². The van der Waals surface area contributed by atoms with Crippen molar-refractivity contribution in [3.63, 3.8) is 0 Å². The van der Waals surface area contributed by atoms with Crippen molar-refractivity contribution in [1.82, 2.24) is 15.1 Å². The number of hydrogen-bond acceptors (Lipinski definition) is 3. The van der Waals surface area contributed by atoms with E-state index in [0.29, 0.717) is 12.1 Å². The zero-order chi connectivity index (χ0) is 14.5. The van der Waals surface area contributed by atoms with Gasteiger partial charge in [0.05, 0.1) is 0 Å². The highest BCUT2D eigenvalue weighted by Crippen LogP contribution is 2.16. The molecule has 1 unspecified atom stereocenters. The molecule has 112 valence electrons. The van der Waals surface area contributed by atoms with Crippen molar-refractivity contribution in [1.29, 1.82) is 0 Å². The Kier molecular flexibility index (Phi) is 5.58. The number of piperazine rings is 1. The second kappa shape index (κ2) is 7.21. The largest absolute Gasteiger partial charge is 0.308 e. The molecule has 1 heterocycles. The molecule has 1 aromatic carbocycles. The molecule has 0 bridgehead atoms. The Hall–Kier alpha value is -0.900. The third-order valence-corrected chi connectivity index (χ3v) is 4.04. The molecule has 0 radical (unpaired) electrons. The van der Waals surface area contributed by atoms with Crippen LogP contribution in [0.25, 0.3) is 0 Å². The Labute approximate surface area is 124 Å². The lowest BCUT2D eigenvalue weighted by atomic mass is 10.0. The zero-order valence-corrected chi connectivity index (χ0v) is 13.4. The molecular formula is C17H29N3. The first-order valence-electron chi connectivity index (χ1n) is 7.80. The number of likely N-dealkylation sites (N-methyl/N-ethyl adjacent to an activating group) is 1. The van der Waals surface area contributed by atoms with Crippen molar-refractivity contribution in [2.24, 2.45) is 0 Å². The minimum Gasteiger partial charge on any atom is -0.308 e. The Morgan fingerprint density at radius 3 is 2.45 bits per heavy atom. The smallest absolute Gasteiger partial charge is 0.0294 e. The maximum absolute atomic E-state index is 3.58. The second-order valence-electron chi connectivity index (χ2n) is 6.37. The van der Waals surface area contributed by atoms with Crippen LogP contribution < -0.4 is 5.32 Å². The van der Waals surface area contributed by atoms with E-state index in [1.54, 1.807) is 0 Å². The molecule has 3 heteroatoms. The van der Waals surface area contributed by atoms with E-state index >= 15 is 0 Å². The molecular weight excluding hydrogens is 246 g/mol. The monoisotopic (exact) mass is 275 g/mol. The Balaban J connectivity index is 1.95. The molecule has 1 aliphatic heterocycles. The first-order valence-corrected chi connectivity index (χ1v) is 7.80. The summed E-state index contributed by atoms with van der Waals surface area (Å²) in [5.74, 6) is 0. The molecule has 1 atom stereocenters. The van der Waals surface area contributed by atoms with Gasteiger partial charge in [-0.05, 0) is 25.1 Å². The fraction of sp³-hybridized carbons (Fsp3) is 0.647. The molecule has 1 N–H and O–H groups in total. The van der Waals surface area contributed by atoms with Gasteiger partial charge < -0.3 is 10.2 Å². The van der Waals surface area contributed by atoms with Crippen LogP contribution in [0.3, 0.4) is 0 Å². The topological polar surface area (TPSA) is 18.5 Å². The van der Waals surface area contributed by atoms with Gasteiger partial charge in [0.2, 0.25) is 0 Å². The quantitative estimate of drug-likeness (QED) is 0.891. The molecule has 0 saturated carbocycles. The van der Waals surface area contributed by atoms with Crippen molar-refractivity contribution < 1.29 is 0 Å². The van der Waals surface area contributed by atoms with E-state index in [1.165, 1.54) is 37.3 Å². The number of nitrogens with zero attached hydrogens (tertiary/aromatic N) is 2. The molecule has 0 aliphatic carbocycles. The summed E-state index contributed by atoms with van der Waals surface area (Å²) in [7, 11) is 2.21. The summed E-state index contributed by atoms with van der Waals surface area (Å²) in [6, 6.07) is 9.98. The predicted molar refractivity (Wildman–Crippen MR) is 85.9 cm³/mol. The number of rotatable bonds is 5. The normalized spacial score (nSPS) is 19.4. The summed E-state index contributed by atoms with van der Waals surface area (Å²) in [5, 5.41) is 3.58. The van der Waals surface area contributed by atoms with Crippen molar-refractivity contribution in [2.45, 2.75) is 39.4 Å². The Morgan fingerprint density at radius 1 is 1.10 bits per heavy atom. The predicted octanol–water partition coefficient (Wildman–Crippen LogP) is 2.49. The van der Waals surface area contributed by atoms with Crippen LogP contribution in [-0.2, 0) is 6.54 Å². The summed E-state index contributed by atoms with van der Waals surface area (Å²) in [6.45, 7) is 12.5. The zero-order valence-electron chi connectivity index (χ0n) is 13.4. The van der Waals surface area contributed by atoms with Crippen LogP contribution in [0.15, 0.2) is 24.3 Å². The number of hydrogen-bond donors (Lipinski definition) is 1. The van der Waals surface area contributed by atoms with Gasteiger partial charge in [-0.25, -0.2) is 0 Å². The van der Waals surface area contributed by atoms with Crippen LogP contribution in [0, 0.1) is 0 Å². The lowest BCUT2D eigenvalue weighted by Crippen LogP contribution is -2.43. The van der Waals surface area contributed by atoms with E-state index in [0.717, 1.165) is 6.54 Å². The summed E-state index contributed by atoms with van der Waals surface area (Å²) in [5.41, 5.74) is 2.83. The molecule has 3 nitrogen and oxygen atoms in total. The van der Waals surface area contributed by atoms with Crippen LogP contribution >= 0.6 is 0 Å². The van der Waals surface area contributed by atoms with Crippen molar-refractivity contribution in [2.75, 3.05) is 33.2 Å². The third-order valence-electron chi connectivity index (χ3n) is 4.04. The van der Waals surface area contributed by atoms with Gasteiger partial charge in [0, 0.05) is 44.8 Å². The molecule has 1 fully saturated rings. The van der Waals surface area contributed by atoms with E-state index in [4.69, 9.17) is 0 Å². The van der Waals surface area contributed by atoms with Crippen molar-refractivity contribution in [3.8, 4) is 0 Å². The maximum Gasteiger partial charge on any atom is 0.0294 e. The molecule has 2 rings (SSSR count). The first kappa shape index (κ1) is 15.5. The lowest BCUT2D eigenvalue weighted by Gasteiger charge is -2.32. The molecule has 0 aromatic heterocycles. The maximum atomic E-state index is 3.58. The fourth-order valence-electron chi connectivity index (χ4n) is 2.82. The van der Waals surface area contributed by atoms with E-state index in [1.807, 2.05) is 0 Å². The van der Waals surface area contributed by atoms with Crippen LogP contribution in [-0.4, -0.2) is 49.1 Å². The average molecular weight is 275 g/mol. The van der Waals surface area contributed by atoms with Gasteiger partial charge in [-0.3, -0.25) is 4.90 Å². The number of benzene rings is 1. The van der Waals surface area contributed by atoms with Crippen molar-refractivity contribution in [3.05, 3.63) is 35.4 Å².